The molecule has 0 radical (unpaired) electrons. The lowest BCUT2D eigenvalue weighted by molar-refractivity contribution is -0.119. The Morgan fingerprint density at radius 1 is 1.50 bits per heavy atom. The van der Waals surface area contributed by atoms with Crippen LogP contribution >= 0.6 is 0 Å². The fourth-order valence-electron chi connectivity index (χ4n) is 2.38. The summed E-state index contributed by atoms with van der Waals surface area (Å²) in [5.74, 6) is 0.110. The van der Waals surface area contributed by atoms with Crippen LogP contribution in [0, 0.1) is 0 Å². The van der Waals surface area contributed by atoms with Crippen molar-refractivity contribution in [2.24, 2.45) is 0 Å². The van der Waals surface area contributed by atoms with Gasteiger partial charge in [-0.05, 0) is 18.1 Å². The van der Waals surface area contributed by atoms with Crippen LogP contribution in [-0.4, -0.2) is 30.7 Å². The summed E-state index contributed by atoms with van der Waals surface area (Å²) in [5.41, 5.74) is 2.09. The highest BCUT2D eigenvalue weighted by atomic mass is 16.3. The lowest BCUT2D eigenvalue weighted by Crippen LogP contribution is -2.42. The molecule has 1 aromatic rings. The summed E-state index contributed by atoms with van der Waals surface area (Å²) in [6, 6.07) is 7.97. The number of hydrogen-bond acceptors (Lipinski definition) is 3. The second kappa shape index (κ2) is 5.50. The SMILES string of the molecule is CCC(CO)NC1CC(=O)N(C)c2ccccc21. The highest BCUT2D eigenvalue weighted by Crippen LogP contribution is 2.33. The number of fused-ring (bicyclic) bond motifs is 1. The second-order valence-electron chi connectivity index (χ2n) is 4.72. The Hall–Kier alpha value is -1.39. The van der Waals surface area contributed by atoms with Gasteiger partial charge in [0.25, 0.3) is 0 Å². The molecule has 1 amide bonds. The van der Waals surface area contributed by atoms with Gasteiger partial charge in [0.1, 0.15) is 0 Å². The number of carbonyl (C=O) groups excluding carboxylic acids is 1. The number of nitrogens with one attached hydrogen (secondary N) is 1. The van der Waals surface area contributed by atoms with E-state index in [2.05, 4.69) is 5.32 Å². The minimum atomic E-state index is 0.00185. The van der Waals surface area contributed by atoms with Crippen molar-refractivity contribution in [3.63, 3.8) is 0 Å². The van der Waals surface area contributed by atoms with Crippen LogP contribution in [-0.2, 0) is 4.79 Å². The molecule has 2 atom stereocenters. The van der Waals surface area contributed by atoms with Crippen LogP contribution in [0.25, 0.3) is 0 Å². The van der Waals surface area contributed by atoms with E-state index in [1.165, 1.54) is 0 Å². The number of anilines is 1. The number of aliphatic hydroxyl groups is 1. The molecule has 0 saturated carbocycles. The monoisotopic (exact) mass is 248 g/mol. The standard InChI is InChI=1S/C14H20N2O2/c1-3-10(9-17)15-12-8-14(18)16(2)13-7-5-4-6-11(12)13/h4-7,10,12,15,17H,3,8-9H2,1-2H3. The Bertz CT molecular complexity index is 430. The molecule has 0 spiro atoms. The maximum absolute atomic E-state index is 11.9. The third kappa shape index (κ3) is 2.40. The van der Waals surface area contributed by atoms with Gasteiger partial charge in [0.05, 0.1) is 6.61 Å². The molecule has 0 bridgehead atoms. The van der Waals surface area contributed by atoms with Crippen LogP contribution in [0.5, 0.6) is 0 Å². The summed E-state index contributed by atoms with van der Waals surface area (Å²) < 4.78 is 0. The van der Waals surface area contributed by atoms with E-state index in [1.807, 2.05) is 31.2 Å². The van der Waals surface area contributed by atoms with Gasteiger partial charge in [-0.3, -0.25) is 4.79 Å². The van der Waals surface area contributed by atoms with Gasteiger partial charge in [-0.15, -0.1) is 0 Å². The molecule has 0 fully saturated rings. The Balaban J connectivity index is 2.27. The molecule has 98 valence electrons. The molecule has 4 heteroatoms. The second-order valence-corrected chi connectivity index (χ2v) is 4.72. The number of rotatable bonds is 4. The zero-order chi connectivity index (χ0) is 13.1. The molecule has 18 heavy (non-hydrogen) atoms. The molecule has 1 heterocycles. The molecule has 0 aliphatic carbocycles. The highest BCUT2D eigenvalue weighted by Gasteiger charge is 2.29. The summed E-state index contributed by atoms with van der Waals surface area (Å²) in [5, 5.41) is 12.6. The molecule has 2 N–H and O–H groups in total. The minimum absolute atomic E-state index is 0.00185. The minimum Gasteiger partial charge on any atom is -0.395 e. The Kier molecular flexibility index (Phi) is 3.99. The maximum atomic E-state index is 11.9. The molecule has 2 unspecified atom stereocenters. The molecule has 1 aliphatic rings. The molecule has 4 nitrogen and oxygen atoms in total. The van der Waals surface area contributed by atoms with Gasteiger partial charge in [0.15, 0.2) is 0 Å². The number of amides is 1. The zero-order valence-corrected chi connectivity index (χ0v) is 10.9. The van der Waals surface area contributed by atoms with Crippen molar-refractivity contribution in [2.45, 2.75) is 31.8 Å². The van der Waals surface area contributed by atoms with Crippen molar-refractivity contribution in [2.75, 3.05) is 18.6 Å². The smallest absolute Gasteiger partial charge is 0.228 e. The first kappa shape index (κ1) is 13.1. The first-order valence-corrected chi connectivity index (χ1v) is 6.39. The molecule has 2 rings (SSSR count). The third-order valence-electron chi connectivity index (χ3n) is 3.58. The van der Waals surface area contributed by atoms with Gasteiger partial charge >= 0.3 is 0 Å². The summed E-state index contributed by atoms with van der Waals surface area (Å²) in [4.78, 5) is 13.7. The van der Waals surface area contributed by atoms with Gasteiger partial charge in [-0.25, -0.2) is 0 Å². The van der Waals surface area contributed by atoms with Crippen LogP contribution in [0.1, 0.15) is 31.4 Å². The fourth-order valence-corrected chi connectivity index (χ4v) is 2.38. The first-order valence-electron chi connectivity index (χ1n) is 6.39. The molecule has 1 aromatic carbocycles. The van der Waals surface area contributed by atoms with Crippen molar-refractivity contribution in [3.8, 4) is 0 Å². The Morgan fingerprint density at radius 3 is 2.89 bits per heavy atom. The molecule has 0 aromatic heterocycles. The van der Waals surface area contributed by atoms with Crippen LogP contribution in [0.2, 0.25) is 0 Å². The average Bonchev–Trinajstić information content (AvgIpc) is 2.41. The summed E-state index contributed by atoms with van der Waals surface area (Å²) in [6.07, 6.45) is 1.29. The van der Waals surface area contributed by atoms with Crippen molar-refractivity contribution < 1.29 is 9.90 Å². The fraction of sp³-hybridized carbons (Fsp3) is 0.500. The normalized spacial score (nSPS) is 20.7. The van der Waals surface area contributed by atoms with E-state index in [1.54, 1.807) is 11.9 Å². The van der Waals surface area contributed by atoms with Crippen LogP contribution in [0.3, 0.4) is 0 Å². The van der Waals surface area contributed by atoms with Crippen molar-refractivity contribution in [3.05, 3.63) is 29.8 Å². The van der Waals surface area contributed by atoms with Crippen molar-refractivity contribution in [1.82, 2.24) is 5.32 Å². The number of hydrogen-bond donors (Lipinski definition) is 2. The van der Waals surface area contributed by atoms with E-state index < -0.39 is 0 Å². The highest BCUT2D eigenvalue weighted by molar-refractivity contribution is 5.96. The van der Waals surface area contributed by atoms with Crippen LogP contribution in [0.4, 0.5) is 5.69 Å². The predicted octanol–water partition coefficient (Wildman–Crippen LogP) is 1.45. The van der Waals surface area contributed by atoms with E-state index in [0.717, 1.165) is 17.7 Å². The third-order valence-corrected chi connectivity index (χ3v) is 3.58. The van der Waals surface area contributed by atoms with Gasteiger partial charge in [-0.2, -0.15) is 0 Å². The zero-order valence-electron chi connectivity index (χ0n) is 10.9. The van der Waals surface area contributed by atoms with Crippen LogP contribution < -0.4 is 10.2 Å². The van der Waals surface area contributed by atoms with Gasteiger partial charge < -0.3 is 15.3 Å². The average molecular weight is 248 g/mol. The van der Waals surface area contributed by atoms with Crippen molar-refractivity contribution >= 4 is 11.6 Å². The topological polar surface area (TPSA) is 52.6 Å². The van der Waals surface area contributed by atoms with E-state index in [4.69, 9.17) is 0 Å². The predicted molar refractivity (Wildman–Crippen MR) is 71.5 cm³/mol. The van der Waals surface area contributed by atoms with Crippen molar-refractivity contribution in [1.29, 1.82) is 0 Å². The largest absolute Gasteiger partial charge is 0.395 e. The summed E-state index contributed by atoms with van der Waals surface area (Å²) in [6.45, 7) is 2.12. The molecular weight excluding hydrogens is 228 g/mol. The summed E-state index contributed by atoms with van der Waals surface area (Å²) in [7, 11) is 1.81. The summed E-state index contributed by atoms with van der Waals surface area (Å²) >= 11 is 0. The lowest BCUT2D eigenvalue weighted by atomic mass is 9.95. The molecular formula is C14H20N2O2. The number of benzene rings is 1. The number of aliphatic hydroxyl groups excluding tert-OH is 1. The number of nitrogens with zero attached hydrogens (tertiary/aromatic N) is 1. The number of para-hydroxylation sites is 1. The van der Waals surface area contributed by atoms with E-state index in [0.29, 0.717) is 6.42 Å². The van der Waals surface area contributed by atoms with E-state index in [-0.39, 0.29) is 24.6 Å². The maximum Gasteiger partial charge on any atom is 0.228 e. The molecule has 0 saturated heterocycles. The van der Waals surface area contributed by atoms with E-state index in [9.17, 15) is 9.90 Å². The van der Waals surface area contributed by atoms with Gasteiger partial charge in [-0.1, -0.05) is 25.1 Å². The Morgan fingerprint density at radius 2 is 2.22 bits per heavy atom. The quantitative estimate of drug-likeness (QED) is 0.848. The molecule has 1 aliphatic heterocycles. The lowest BCUT2D eigenvalue weighted by Gasteiger charge is -2.33. The van der Waals surface area contributed by atoms with Crippen LogP contribution in [0.15, 0.2) is 24.3 Å². The Labute approximate surface area is 108 Å². The van der Waals surface area contributed by atoms with Gasteiger partial charge in [0, 0.05) is 31.2 Å². The van der Waals surface area contributed by atoms with E-state index >= 15 is 0 Å². The van der Waals surface area contributed by atoms with Gasteiger partial charge in [0.2, 0.25) is 5.91 Å². The number of carbonyl (C=O) groups is 1. The first-order chi connectivity index (χ1) is 8.67.